The second-order valence-electron chi connectivity index (χ2n) is 4.21. The highest BCUT2D eigenvalue weighted by Crippen LogP contribution is 2.29. The first kappa shape index (κ1) is 17.4. The van der Waals surface area contributed by atoms with Gasteiger partial charge in [-0.15, -0.1) is 0 Å². The van der Waals surface area contributed by atoms with Crippen LogP contribution in [0.2, 0.25) is 0 Å². The van der Waals surface area contributed by atoms with Crippen LogP contribution in [0.1, 0.15) is 16.1 Å². The lowest BCUT2D eigenvalue weighted by atomic mass is 10.2. The van der Waals surface area contributed by atoms with Gasteiger partial charge in [-0.2, -0.15) is 17.5 Å². The van der Waals surface area contributed by atoms with Crippen LogP contribution in [-0.4, -0.2) is 22.9 Å². The number of carbonyl (C=O) groups is 2. The van der Waals surface area contributed by atoms with Crippen LogP contribution in [0.15, 0.2) is 34.1 Å². The molecular formula is C13H8BrF3N2O3S. The van der Waals surface area contributed by atoms with E-state index < -0.39 is 30.2 Å². The molecule has 0 aliphatic carbocycles. The van der Waals surface area contributed by atoms with E-state index in [1.807, 2.05) is 0 Å². The summed E-state index contributed by atoms with van der Waals surface area (Å²) in [5.74, 6) is -1.45. The second kappa shape index (κ2) is 7.09. The Morgan fingerprint density at radius 2 is 1.91 bits per heavy atom. The monoisotopic (exact) mass is 408 g/mol. The molecule has 0 aliphatic heterocycles. The molecule has 0 saturated heterocycles. The lowest BCUT2D eigenvalue weighted by molar-refractivity contribution is -0.137. The van der Waals surface area contributed by atoms with E-state index in [0.29, 0.717) is 4.47 Å². The topological polar surface area (TPSA) is 68.3 Å². The average molecular weight is 409 g/mol. The van der Waals surface area contributed by atoms with Crippen LogP contribution in [0.5, 0.6) is 0 Å². The number of rotatable bonds is 4. The fourth-order valence-electron chi connectivity index (χ4n) is 1.50. The summed E-state index contributed by atoms with van der Waals surface area (Å²) in [7, 11) is 0. The smallest absolute Gasteiger partial charge is 0.416 e. The molecule has 2 aromatic rings. The number of amides is 1. The Hall–Kier alpha value is -1.94. The molecule has 1 amide bonds. The van der Waals surface area contributed by atoms with Gasteiger partial charge in [-0.05, 0) is 51.7 Å². The summed E-state index contributed by atoms with van der Waals surface area (Å²) in [6, 6.07) is 3.90. The average Bonchev–Trinajstić information content (AvgIpc) is 2.90. The van der Waals surface area contributed by atoms with Crippen molar-refractivity contribution in [3.8, 4) is 0 Å². The number of halogens is 4. The third kappa shape index (κ3) is 4.76. The number of hydrogen-bond donors (Lipinski definition) is 1. The lowest BCUT2D eigenvalue weighted by Crippen LogP contribution is -2.21. The van der Waals surface area contributed by atoms with Gasteiger partial charge in [0.2, 0.25) is 0 Å². The Kier molecular flexibility index (Phi) is 5.37. The van der Waals surface area contributed by atoms with Gasteiger partial charge in [-0.25, -0.2) is 4.79 Å². The van der Waals surface area contributed by atoms with E-state index in [1.54, 1.807) is 5.38 Å². The minimum absolute atomic E-state index is 0.0531. The van der Waals surface area contributed by atoms with Gasteiger partial charge in [0.1, 0.15) is 0 Å². The third-order valence-electron chi connectivity index (χ3n) is 2.55. The summed E-state index contributed by atoms with van der Waals surface area (Å²) >= 11 is 4.15. The predicted octanol–water partition coefficient (Wildman–Crippen LogP) is 3.72. The standard InChI is InChI=1S/C13H8BrF3N2O3S/c14-9-6-23-19-11(9)12(21)22-5-10(20)18-8-3-1-7(2-4-8)13(15,16)17/h1-4,6H,5H2,(H,18,20). The van der Waals surface area contributed by atoms with E-state index in [9.17, 15) is 22.8 Å². The Balaban J connectivity index is 1.88. The van der Waals surface area contributed by atoms with Crippen molar-refractivity contribution in [3.63, 3.8) is 0 Å². The van der Waals surface area contributed by atoms with Crippen molar-refractivity contribution in [3.05, 3.63) is 45.4 Å². The lowest BCUT2D eigenvalue weighted by Gasteiger charge is -2.09. The minimum Gasteiger partial charge on any atom is -0.451 e. The molecule has 0 unspecified atom stereocenters. The van der Waals surface area contributed by atoms with Gasteiger partial charge < -0.3 is 10.1 Å². The SMILES string of the molecule is O=C(COC(=O)c1nscc1Br)Nc1ccc(C(F)(F)F)cc1. The van der Waals surface area contributed by atoms with Gasteiger partial charge >= 0.3 is 12.1 Å². The maximum Gasteiger partial charge on any atom is 0.416 e. The van der Waals surface area contributed by atoms with Crippen molar-refractivity contribution >= 4 is 45.0 Å². The van der Waals surface area contributed by atoms with Gasteiger partial charge in [0.25, 0.3) is 5.91 Å². The van der Waals surface area contributed by atoms with Gasteiger partial charge in [0.05, 0.1) is 10.0 Å². The summed E-state index contributed by atoms with van der Waals surface area (Å²) < 4.78 is 46.2. The first-order valence-corrected chi connectivity index (χ1v) is 7.64. The molecule has 10 heteroatoms. The second-order valence-corrected chi connectivity index (χ2v) is 5.69. The van der Waals surface area contributed by atoms with Crippen LogP contribution in [0, 0.1) is 0 Å². The molecule has 0 aliphatic rings. The quantitative estimate of drug-likeness (QED) is 0.782. The maximum absolute atomic E-state index is 12.4. The molecular weight excluding hydrogens is 401 g/mol. The highest BCUT2D eigenvalue weighted by Gasteiger charge is 2.30. The van der Waals surface area contributed by atoms with Gasteiger partial charge in [-0.3, -0.25) is 4.79 Å². The number of nitrogens with one attached hydrogen (secondary N) is 1. The molecule has 1 heterocycles. The van der Waals surface area contributed by atoms with Crippen LogP contribution in [0.25, 0.3) is 0 Å². The highest BCUT2D eigenvalue weighted by atomic mass is 79.9. The number of aromatic nitrogens is 1. The first-order valence-electron chi connectivity index (χ1n) is 6.01. The molecule has 5 nitrogen and oxygen atoms in total. The number of benzene rings is 1. The number of hydrogen-bond acceptors (Lipinski definition) is 5. The van der Waals surface area contributed by atoms with Crippen LogP contribution in [-0.2, 0) is 15.7 Å². The molecule has 2 rings (SSSR count). The Labute approximate surface area is 140 Å². The molecule has 0 spiro atoms. The number of nitrogens with zero attached hydrogens (tertiary/aromatic N) is 1. The van der Waals surface area contributed by atoms with Crippen LogP contribution >= 0.6 is 27.5 Å². The molecule has 1 aromatic carbocycles. The summed E-state index contributed by atoms with van der Waals surface area (Å²) in [5.41, 5.74) is -0.610. The van der Waals surface area contributed by atoms with Crippen molar-refractivity contribution < 1.29 is 27.5 Å². The molecule has 1 N–H and O–H groups in total. The van der Waals surface area contributed by atoms with Crippen molar-refractivity contribution in [2.45, 2.75) is 6.18 Å². The number of carbonyl (C=O) groups excluding carboxylic acids is 2. The fraction of sp³-hybridized carbons (Fsp3) is 0.154. The molecule has 0 fully saturated rings. The molecule has 0 radical (unpaired) electrons. The van der Waals surface area contributed by atoms with Crippen molar-refractivity contribution in [1.82, 2.24) is 4.37 Å². The Morgan fingerprint density at radius 1 is 1.26 bits per heavy atom. The Morgan fingerprint density at radius 3 is 2.43 bits per heavy atom. The minimum atomic E-state index is -4.45. The van der Waals surface area contributed by atoms with E-state index in [4.69, 9.17) is 4.74 Å². The van der Waals surface area contributed by atoms with E-state index in [1.165, 1.54) is 0 Å². The molecule has 23 heavy (non-hydrogen) atoms. The van der Waals surface area contributed by atoms with Gasteiger partial charge in [-0.1, -0.05) is 0 Å². The van der Waals surface area contributed by atoms with Crippen molar-refractivity contribution in [2.75, 3.05) is 11.9 Å². The maximum atomic E-state index is 12.4. The van der Waals surface area contributed by atoms with E-state index >= 15 is 0 Å². The van der Waals surface area contributed by atoms with E-state index in [2.05, 4.69) is 25.6 Å². The van der Waals surface area contributed by atoms with Crippen molar-refractivity contribution in [2.24, 2.45) is 0 Å². The molecule has 1 aromatic heterocycles. The molecule has 122 valence electrons. The zero-order valence-corrected chi connectivity index (χ0v) is 13.6. The van der Waals surface area contributed by atoms with Crippen molar-refractivity contribution in [1.29, 1.82) is 0 Å². The number of ether oxygens (including phenoxy) is 1. The number of anilines is 1. The van der Waals surface area contributed by atoms with Gasteiger partial charge in [0.15, 0.2) is 12.3 Å². The summed E-state index contributed by atoms with van der Waals surface area (Å²) in [6.45, 7) is -0.580. The highest BCUT2D eigenvalue weighted by molar-refractivity contribution is 9.10. The normalized spacial score (nSPS) is 11.1. The number of alkyl halides is 3. The summed E-state index contributed by atoms with van der Waals surface area (Å²) in [6.07, 6.45) is -4.45. The van der Waals surface area contributed by atoms with Gasteiger partial charge in [0, 0.05) is 11.1 Å². The van der Waals surface area contributed by atoms with Crippen LogP contribution in [0.4, 0.5) is 18.9 Å². The first-order chi connectivity index (χ1) is 10.8. The summed E-state index contributed by atoms with van der Waals surface area (Å²) in [4.78, 5) is 23.2. The zero-order chi connectivity index (χ0) is 17.0. The summed E-state index contributed by atoms with van der Waals surface area (Å²) in [5, 5.41) is 3.91. The predicted molar refractivity (Wildman–Crippen MR) is 80.2 cm³/mol. The van der Waals surface area contributed by atoms with Crippen LogP contribution < -0.4 is 5.32 Å². The largest absolute Gasteiger partial charge is 0.451 e. The third-order valence-corrected chi connectivity index (χ3v) is 4.09. The zero-order valence-electron chi connectivity index (χ0n) is 11.2. The molecule has 0 bridgehead atoms. The van der Waals surface area contributed by atoms with E-state index in [-0.39, 0.29) is 11.4 Å². The molecule has 0 atom stereocenters. The van der Waals surface area contributed by atoms with E-state index in [0.717, 1.165) is 35.8 Å². The fourth-order valence-corrected chi connectivity index (χ4v) is 2.65. The Bertz CT molecular complexity index is 716. The number of esters is 1. The molecule has 0 saturated carbocycles. The van der Waals surface area contributed by atoms with Crippen LogP contribution in [0.3, 0.4) is 0 Å².